The van der Waals surface area contributed by atoms with Gasteiger partial charge in [0.2, 0.25) is 5.91 Å². The van der Waals surface area contributed by atoms with E-state index in [0.29, 0.717) is 42.7 Å². The van der Waals surface area contributed by atoms with Crippen molar-refractivity contribution in [3.63, 3.8) is 0 Å². The number of carbonyl (C=O) groups is 2. The van der Waals surface area contributed by atoms with Crippen molar-refractivity contribution in [2.75, 3.05) is 11.9 Å². The topological polar surface area (TPSA) is 118 Å². The Labute approximate surface area is 233 Å². The molecule has 0 radical (unpaired) electrons. The van der Waals surface area contributed by atoms with Gasteiger partial charge in [-0.3, -0.25) is 4.79 Å². The number of nitrogens with one attached hydrogen (secondary N) is 2. The van der Waals surface area contributed by atoms with Gasteiger partial charge in [0, 0.05) is 31.0 Å². The van der Waals surface area contributed by atoms with Gasteiger partial charge < -0.3 is 25.0 Å². The number of nitrogens with zero attached hydrogens (tertiary/aromatic N) is 3. The van der Waals surface area contributed by atoms with Crippen molar-refractivity contribution in [2.45, 2.75) is 64.5 Å². The Balaban J connectivity index is 1.27. The number of aromatic nitrogens is 3. The molecule has 1 aliphatic carbocycles. The van der Waals surface area contributed by atoms with Crippen LogP contribution in [0.15, 0.2) is 60.7 Å². The van der Waals surface area contributed by atoms with Gasteiger partial charge >= 0.3 is 6.16 Å². The van der Waals surface area contributed by atoms with Crippen LogP contribution in [-0.4, -0.2) is 44.3 Å². The minimum Gasteiger partial charge on any atom is -0.449 e. The molecule has 0 unspecified atom stereocenters. The van der Waals surface area contributed by atoms with Crippen LogP contribution >= 0.6 is 0 Å². The highest BCUT2D eigenvalue weighted by molar-refractivity contribution is 5.77. The number of fused-ring (bicyclic) bond motifs is 1. The average molecular weight is 542 g/mol. The van der Waals surface area contributed by atoms with E-state index in [9.17, 15) is 9.59 Å². The number of carbonyl (C=O) groups excluding carboxylic acids is 1. The van der Waals surface area contributed by atoms with Crippen molar-refractivity contribution in [3.8, 4) is 16.9 Å². The van der Waals surface area contributed by atoms with Gasteiger partial charge in [-0.2, -0.15) is 0 Å². The number of hydrogen-bond acceptors (Lipinski definition) is 6. The first-order valence-corrected chi connectivity index (χ1v) is 14.0. The molecule has 1 fully saturated rings. The fourth-order valence-electron chi connectivity index (χ4n) is 5.29. The van der Waals surface area contributed by atoms with Crippen LogP contribution < -0.4 is 15.4 Å². The third-order valence-electron chi connectivity index (χ3n) is 7.31. The van der Waals surface area contributed by atoms with Crippen LogP contribution in [0.25, 0.3) is 22.3 Å². The molecule has 0 atom stereocenters. The number of pyridine rings is 1. The molecule has 5 rings (SSSR count). The van der Waals surface area contributed by atoms with Gasteiger partial charge in [0.05, 0.1) is 6.54 Å². The molecule has 3 N–H and O–H groups in total. The van der Waals surface area contributed by atoms with E-state index >= 15 is 0 Å². The maximum Gasteiger partial charge on any atom is 0.511 e. The smallest absolute Gasteiger partial charge is 0.449 e. The summed E-state index contributed by atoms with van der Waals surface area (Å²) in [6.07, 6.45) is 5.64. The van der Waals surface area contributed by atoms with Crippen LogP contribution in [-0.2, 0) is 17.8 Å². The van der Waals surface area contributed by atoms with Crippen molar-refractivity contribution in [1.29, 1.82) is 0 Å². The number of amides is 1. The second kappa shape index (κ2) is 12.6. The number of anilines is 1. The number of aryl methyl sites for hydroxylation is 1. The number of rotatable bonds is 10. The molecule has 4 aromatic rings. The van der Waals surface area contributed by atoms with Gasteiger partial charge in [-0.15, -0.1) is 0 Å². The Morgan fingerprint density at radius 1 is 1.00 bits per heavy atom. The Morgan fingerprint density at radius 3 is 2.52 bits per heavy atom. The van der Waals surface area contributed by atoms with E-state index in [4.69, 9.17) is 19.8 Å². The van der Waals surface area contributed by atoms with Crippen molar-refractivity contribution in [2.24, 2.45) is 0 Å². The summed E-state index contributed by atoms with van der Waals surface area (Å²) in [4.78, 5) is 33.1. The monoisotopic (exact) mass is 541 g/mol. The normalized spacial score (nSPS) is 13.7. The summed E-state index contributed by atoms with van der Waals surface area (Å²) in [5.74, 6) is 2.04. The highest BCUT2D eigenvalue weighted by atomic mass is 16.7. The van der Waals surface area contributed by atoms with Gasteiger partial charge in [0.1, 0.15) is 22.9 Å². The second-order valence-corrected chi connectivity index (χ2v) is 10.1. The quantitative estimate of drug-likeness (QED) is 0.166. The molecule has 1 saturated carbocycles. The zero-order chi connectivity index (χ0) is 27.9. The summed E-state index contributed by atoms with van der Waals surface area (Å²) in [6.45, 7) is 3.18. The maximum atomic E-state index is 12.4. The van der Waals surface area contributed by atoms with E-state index in [0.717, 1.165) is 47.4 Å². The second-order valence-electron chi connectivity index (χ2n) is 10.1. The Kier molecular flexibility index (Phi) is 8.59. The van der Waals surface area contributed by atoms with E-state index in [1.165, 1.54) is 19.3 Å². The van der Waals surface area contributed by atoms with Crippen LogP contribution in [0.3, 0.4) is 0 Å². The lowest BCUT2D eigenvalue weighted by Gasteiger charge is -2.22. The molecule has 0 spiro atoms. The van der Waals surface area contributed by atoms with E-state index in [-0.39, 0.29) is 5.91 Å². The van der Waals surface area contributed by atoms with Crippen molar-refractivity contribution in [3.05, 3.63) is 72.1 Å². The zero-order valence-corrected chi connectivity index (χ0v) is 22.7. The predicted octanol–water partition coefficient (Wildman–Crippen LogP) is 6.02. The van der Waals surface area contributed by atoms with E-state index in [1.807, 2.05) is 48.5 Å². The first-order valence-electron chi connectivity index (χ1n) is 14.0. The lowest BCUT2D eigenvalue weighted by Crippen LogP contribution is -2.36. The number of para-hydroxylation sites is 1. The number of ether oxygens (including phenoxy) is 1. The summed E-state index contributed by atoms with van der Waals surface area (Å²) < 4.78 is 7.07. The fourth-order valence-corrected chi connectivity index (χ4v) is 5.29. The van der Waals surface area contributed by atoms with Crippen LogP contribution in [0.4, 0.5) is 10.6 Å². The lowest BCUT2D eigenvalue weighted by molar-refractivity contribution is -0.121. The van der Waals surface area contributed by atoms with Gasteiger partial charge in [-0.25, -0.2) is 14.8 Å². The Bertz CT molecular complexity index is 1480. The third kappa shape index (κ3) is 6.59. The minimum atomic E-state index is -1.34. The highest BCUT2D eigenvalue weighted by Crippen LogP contribution is 2.30. The molecule has 2 aromatic heterocycles. The molecular formula is C31H35N5O4. The SMILES string of the molecule is CCc1nc2ccc(NCCC(=O)NC3CCCCC3)nc2n1Cc1ccc(-c2ccccc2OC(=O)O)cc1. The summed E-state index contributed by atoms with van der Waals surface area (Å²) in [7, 11) is 0. The molecule has 208 valence electrons. The number of benzene rings is 2. The molecule has 9 heteroatoms. The number of hydrogen-bond donors (Lipinski definition) is 3. The highest BCUT2D eigenvalue weighted by Gasteiger charge is 2.16. The van der Waals surface area contributed by atoms with Gasteiger partial charge in [-0.1, -0.05) is 68.7 Å². The number of carboxylic acid groups (broad SMARTS) is 1. The molecule has 0 aliphatic heterocycles. The lowest BCUT2D eigenvalue weighted by atomic mass is 9.95. The predicted molar refractivity (Wildman–Crippen MR) is 155 cm³/mol. The van der Waals surface area contributed by atoms with Gasteiger partial charge in [-0.05, 0) is 42.2 Å². The fraction of sp³-hybridized carbons (Fsp3) is 0.355. The molecule has 0 bridgehead atoms. The van der Waals surface area contributed by atoms with Crippen LogP contribution in [0.5, 0.6) is 5.75 Å². The Hall–Kier alpha value is -4.40. The van der Waals surface area contributed by atoms with Crippen LogP contribution in [0, 0.1) is 0 Å². The summed E-state index contributed by atoms with van der Waals surface area (Å²) in [5, 5.41) is 15.5. The summed E-state index contributed by atoms with van der Waals surface area (Å²) in [5.41, 5.74) is 4.26. The average Bonchev–Trinajstić information content (AvgIpc) is 3.30. The largest absolute Gasteiger partial charge is 0.511 e. The minimum absolute atomic E-state index is 0.0828. The van der Waals surface area contributed by atoms with E-state index in [2.05, 4.69) is 22.1 Å². The van der Waals surface area contributed by atoms with Crippen LogP contribution in [0.2, 0.25) is 0 Å². The molecule has 40 heavy (non-hydrogen) atoms. The van der Waals surface area contributed by atoms with E-state index < -0.39 is 6.16 Å². The Morgan fingerprint density at radius 2 is 1.77 bits per heavy atom. The first-order chi connectivity index (χ1) is 19.5. The summed E-state index contributed by atoms with van der Waals surface area (Å²) >= 11 is 0. The summed E-state index contributed by atoms with van der Waals surface area (Å²) in [6, 6.07) is 19.2. The first kappa shape index (κ1) is 27.2. The van der Waals surface area contributed by atoms with Gasteiger partial charge in [0.15, 0.2) is 5.65 Å². The standard InChI is InChI=1S/C31H35N5O4/c1-2-28-34-25-16-17-27(32-19-18-29(37)33-23-8-4-3-5-9-23)35-30(25)36(28)20-21-12-14-22(15-13-21)24-10-6-7-11-26(24)40-31(38)39/h6-7,10-17,23H,2-5,8-9,18-20H2,1H3,(H,32,35)(H,33,37)(H,38,39). The van der Waals surface area contributed by atoms with E-state index in [1.54, 1.807) is 12.1 Å². The van der Waals surface area contributed by atoms with Crippen molar-refractivity contribution >= 4 is 29.0 Å². The third-order valence-corrected chi connectivity index (χ3v) is 7.31. The molecule has 1 amide bonds. The van der Waals surface area contributed by atoms with Crippen LogP contribution in [0.1, 0.15) is 56.8 Å². The van der Waals surface area contributed by atoms with Crippen molar-refractivity contribution < 1.29 is 19.4 Å². The van der Waals surface area contributed by atoms with Crippen molar-refractivity contribution in [1.82, 2.24) is 19.9 Å². The number of imidazole rings is 1. The molecule has 0 saturated heterocycles. The molecule has 2 aromatic carbocycles. The zero-order valence-electron chi connectivity index (χ0n) is 22.7. The maximum absolute atomic E-state index is 12.4. The molecule has 2 heterocycles. The molecule has 9 nitrogen and oxygen atoms in total. The molecular weight excluding hydrogens is 506 g/mol. The molecule has 1 aliphatic rings. The van der Waals surface area contributed by atoms with Gasteiger partial charge in [0.25, 0.3) is 0 Å².